The molecule has 2 saturated heterocycles. The second-order valence-electron chi connectivity index (χ2n) is 15.5. The summed E-state index contributed by atoms with van der Waals surface area (Å²) in [5.74, 6) is -0.415. The molecule has 2 rings (SSSR count). The summed E-state index contributed by atoms with van der Waals surface area (Å²) in [5.41, 5.74) is 0. The molecule has 11 atom stereocenters. The van der Waals surface area contributed by atoms with Crippen LogP contribution in [0.4, 0.5) is 0 Å². The summed E-state index contributed by atoms with van der Waals surface area (Å²) in [6.07, 6.45) is 27.4. The molecule has 2 aliphatic rings. The zero-order valence-electron chi connectivity index (χ0n) is 37.1. The first-order chi connectivity index (χ1) is 30.1. The van der Waals surface area contributed by atoms with E-state index in [9.17, 15) is 40.5 Å². The van der Waals surface area contributed by atoms with E-state index in [4.69, 9.17) is 28.4 Å². The highest BCUT2D eigenvalue weighted by Gasteiger charge is 2.47. The van der Waals surface area contributed by atoms with Crippen molar-refractivity contribution in [3.8, 4) is 0 Å². The van der Waals surface area contributed by atoms with Gasteiger partial charge in [-0.25, -0.2) is 0 Å². The van der Waals surface area contributed by atoms with Crippen LogP contribution < -0.4 is 0 Å². The lowest BCUT2D eigenvalue weighted by Gasteiger charge is -2.42. The fourth-order valence-electron chi connectivity index (χ4n) is 6.44. The van der Waals surface area contributed by atoms with E-state index in [1.54, 1.807) is 0 Å². The van der Waals surface area contributed by atoms with E-state index in [1.165, 1.54) is 0 Å². The monoisotopic (exact) mass is 879 g/mol. The van der Waals surface area contributed by atoms with Gasteiger partial charge < -0.3 is 64.2 Å². The summed E-state index contributed by atoms with van der Waals surface area (Å²) in [7, 11) is 0. The van der Waals surface area contributed by atoms with Crippen molar-refractivity contribution in [2.75, 3.05) is 33.0 Å². The minimum absolute atomic E-state index is 0.0247. The van der Waals surface area contributed by atoms with Crippen LogP contribution in [0.2, 0.25) is 0 Å². The number of hydrogen-bond donors (Lipinski definition) is 7. The average Bonchev–Trinajstić information content (AvgIpc) is 3.27. The van der Waals surface area contributed by atoms with Crippen LogP contribution in [0.5, 0.6) is 0 Å². The fraction of sp³-hybridized carbons (Fsp3) is 0.688. The van der Waals surface area contributed by atoms with Crippen LogP contribution in [0.1, 0.15) is 110 Å². The molecule has 2 heterocycles. The van der Waals surface area contributed by atoms with E-state index in [-0.39, 0.29) is 19.6 Å². The molecule has 2 aliphatic heterocycles. The Morgan fingerprint density at radius 1 is 0.548 bits per heavy atom. The van der Waals surface area contributed by atoms with Gasteiger partial charge in [-0.2, -0.15) is 0 Å². The van der Waals surface area contributed by atoms with Crippen LogP contribution in [0.3, 0.4) is 0 Å². The standard InChI is InChI=1S/C48H78O14/c1-3-5-7-9-10-11-12-13-14-15-16-17-18-19-20-21-22-23-24-25-26-27-28-30-32-57-34-37(60-40(50)31-29-8-6-4-2)35-58-47-46(56)44(54)42(52)39(62-47)36-59-48-45(55)43(53)41(51)38(33-49)61-48/h5,7,10-11,13-14,16-17,19-20,22-23,25-26,37-39,41-49,51-56H,3-4,6,8-9,12,15,18,21,24,27-36H2,1-2H3/b7-5-,11-10-,14-13-,17-16-,20-19-,23-22-,26-25-. The number of aliphatic hydroxyl groups excluding tert-OH is 7. The third kappa shape index (κ3) is 23.7. The smallest absolute Gasteiger partial charge is 0.306 e. The van der Waals surface area contributed by atoms with Crippen LogP contribution in [0.15, 0.2) is 85.1 Å². The Balaban J connectivity index is 1.71. The summed E-state index contributed by atoms with van der Waals surface area (Å²) >= 11 is 0. The van der Waals surface area contributed by atoms with E-state index in [1.807, 2.05) is 0 Å². The number of allylic oxidation sites excluding steroid dienone is 14. The predicted molar refractivity (Wildman–Crippen MR) is 238 cm³/mol. The molecule has 0 amide bonds. The zero-order chi connectivity index (χ0) is 45.2. The Labute approximate surface area is 369 Å². The van der Waals surface area contributed by atoms with Gasteiger partial charge in [0.25, 0.3) is 0 Å². The molecule has 0 aromatic heterocycles. The first-order valence-corrected chi connectivity index (χ1v) is 22.7. The van der Waals surface area contributed by atoms with E-state index in [2.05, 4.69) is 98.9 Å². The van der Waals surface area contributed by atoms with Gasteiger partial charge in [-0.1, -0.05) is 118 Å². The van der Waals surface area contributed by atoms with E-state index in [0.717, 1.165) is 83.5 Å². The van der Waals surface area contributed by atoms with Crippen LogP contribution >= 0.6 is 0 Å². The maximum absolute atomic E-state index is 12.7. The minimum Gasteiger partial charge on any atom is -0.457 e. The topological polar surface area (TPSA) is 214 Å². The number of carbonyl (C=O) groups excluding carboxylic acids is 1. The Morgan fingerprint density at radius 3 is 1.58 bits per heavy atom. The van der Waals surface area contributed by atoms with E-state index < -0.39 is 86.7 Å². The summed E-state index contributed by atoms with van der Waals surface area (Å²) < 4.78 is 33.8. The Kier molecular flexibility index (Phi) is 31.7. The average molecular weight is 879 g/mol. The summed E-state index contributed by atoms with van der Waals surface area (Å²) in [6, 6.07) is 0. The summed E-state index contributed by atoms with van der Waals surface area (Å²) in [4.78, 5) is 12.7. The zero-order valence-corrected chi connectivity index (χ0v) is 37.1. The van der Waals surface area contributed by atoms with Crippen molar-refractivity contribution in [2.45, 2.75) is 178 Å². The molecule has 354 valence electrons. The molecule has 0 spiro atoms. The molecule has 2 fully saturated rings. The van der Waals surface area contributed by atoms with Crippen molar-refractivity contribution in [3.05, 3.63) is 85.1 Å². The van der Waals surface area contributed by atoms with Crippen molar-refractivity contribution < 1.29 is 69.0 Å². The molecular weight excluding hydrogens is 801 g/mol. The first-order valence-electron chi connectivity index (χ1n) is 22.7. The normalized spacial score (nSPS) is 28.0. The molecule has 11 unspecified atom stereocenters. The number of hydrogen-bond acceptors (Lipinski definition) is 14. The van der Waals surface area contributed by atoms with Gasteiger partial charge in [-0.3, -0.25) is 4.79 Å². The van der Waals surface area contributed by atoms with Gasteiger partial charge in [-0.05, 0) is 70.6 Å². The lowest BCUT2D eigenvalue weighted by Crippen LogP contribution is -2.61. The van der Waals surface area contributed by atoms with Crippen LogP contribution in [-0.4, -0.2) is 142 Å². The predicted octanol–water partition coefficient (Wildman–Crippen LogP) is 5.34. The fourth-order valence-corrected chi connectivity index (χ4v) is 6.44. The Bertz CT molecular complexity index is 1340. The lowest BCUT2D eigenvalue weighted by molar-refractivity contribution is -0.332. The maximum Gasteiger partial charge on any atom is 0.306 e. The van der Waals surface area contributed by atoms with Crippen molar-refractivity contribution in [3.63, 3.8) is 0 Å². The molecule has 0 radical (unpaired) electrons. The van der Waals surface area contributed by atoms with Crippen LogP contribution in [0, 0.1) is 0 Å². The largest absolute Gasteiger partial charge is 0.457 e. The number of aliphatic hydroxyl groups is 7. The van der Waals surface area contributed by atoms with Gasteiger partial charge in [0.1, 0.15) is 54.9 Å². The molecule has 0 aromatic rings. The second-order valence-corrected chi connectivity index (χ2v) is 15.5. The van der Waals surface area contributed by atoms with Crippen LogP contribution in [0.25, 0.3) is 0 Å². The van der Waals surface area contributed by atoms with Crippen molar-refractivity contribution in [1.29, 1.82) is 0 Å². The quantitative estimate of drug-likeness (QED) is 0.0252. The van der Waals surface area contributed by atoms with E-state index >= 15 is 0 Å². The third-order valence-electron chi connectivity index (χ3n) is 10.2. The van der Waals surface area contributed by atoms with Gasteiger partial charge >= 0.3 is 5.97 Å². The number of ether oxygens (including phenoxy) is 6. The molecule has 0 saturated carbocycles. The van der Waals surface area contributed by atoms with Gasteiger partial charge in [0.05, 0.1) is 26.4 Å². The van der Waals surface area contributed by atoms with Gasteiger partial charge in [0.2, 0.25) is 0 Å². The first kappa shape index (κ1) is 55.3. The molecule has 62 heavy (non-hydrogen) atoms. The summed E-state index contributed by atoms with van der Waals surface area (Å²) in [6.45, 7) is 3.27. The highest BCUT2D eigenvalue weighted by atomic mass is 16.7. The molecule has 14 heteroatoms. The van der Waals surface area contributed by atoms with Crippen molar-refractivity contribution in [2.24, 2.45) is 0 Å². The minimum atomic E-state index is -1.72. The second kappa shape index (κ2) is 35.5. The van der Waals surface area contributed by atoms with Gasteiger partial charge in [0, 0.05) is 13.0 Å². The Morgan fingerprint density at radius 2 is 1.05 bits per heavy atom. The van der Waals surface area contributed by atoms with Gasteiger partial charge in [-0.15, -0.1) is 0 Å². The molecule has 7 N–H and O–H groups in total. The number of esters is 1. The highest BCUT2D eigenvalue weighted by Crippen LogP contribution is 2.26. The molecule has 0 bridgehead atoms. The molecule has 0 aliphatic carbocycles. The number of rotatable bonds is 33. The third-order valence-corrected chi connectivity index (χ3v) is 10.2. The van der Waals surface area contributed by atoms with Crippen LogP contribution in [-0.2, 0) is 33.2 Å². The lowest BCUT2D eigenvalue weighted by atomic mass is 9.98. The van der Waals surface area contributed by atoms with Crippen molar-refractivity contribution in [1.82, 2.24) is 0 Å². The van der Waals surface area contributed by atoms with E-state index in [0.29, 0.717) is 13.0 Å². The Hall–Kier alpha value is -2.83. The SMILES string of the molecule is CC/C=C\C/C=C\C/C=C\C/C=C\C/C=C\C/C=C\C/C=C\CCCCOCC(COC1OC(COC2OC(CO)C(O)C(O)C2O)C(O)C(O)C1O)OC(=O)CCCCCC. The molecular formula is C48H78O14. The number of carbonyl (C=O) groups is 1. The van der Waals surface area contributed by atoms with Crippen molar-refractivity contribution >= 4 is 5.97 Å². The highest BCUT2D eigenvalue weighted by molar-refractivity contribution is 5.69. The maximum atomic E-state index is 12.7. The molecule has 0 aromatic carbocycles. The number of unbranched alkanes of at least 4 members (excludes halogenated alkanes) is 5. The van der Waals surface area contributed by atoms with Gasteiger partial charge in [0.15, 0.2) is 12.6 Å². The summed E-state index contributed by atoms with van der Waals surface area (Å²) in [5, 5.41) is 71.6. The molecule has 14 nitrogen and oxygen atoms in total.